The molecular formula is C30H28N4O4. The SMILES string of the molecule is CCOC(=O)C(C#N)=Cc1ccc(N2CCN(CCN3C(=O)c4cccc5cccc(c45)C3=O)CC2)cc1. The van der Waals surface area contributed by atoms with Crippen LogP contribution in [0.1, 0.15) is 33.2 Å². The molecule has 2 heterocycles. The minimum atomic E-state index is -0.621. The van der Waals surface area contributed by atoms with Gasteiger partial charge in [-0.2, -0.15) is 5.26 Å². The Bertz CT molecular complexity index is 1410. The van der Waals surface area contributed by atoms with Crippen molar-refractivity contribution >= 4 is 40.3 Å². The molecule has 2 amide bonds. The Kier molecular flexibility index (Phi) is 7.20. The lowest BCUT2D eigenvalue weighted by molar-refractivity contribution is -0.137. The topological polar surface area (TPSA) is 94.0 Å². The van der Waals surface area contributed by atoms with Crippen LogP contribution >= 0.6 is 0 Å². The number of imide groups is 1. The minimum absolute atomic E-state index is 0.0287. The van der Waals surface area contributed by atoms with Gasteiger partial charge in [0, 0.05) is 61.5 Å². The molecule has 2 aliphatic rings. The number of carbonyl (C=O) groups is 3. The first-order chi connectivity index (χ1) is 18.5. The van der Waals surface area contributed by atoms with Gasteiger partial charge in [-0.05, 0) is 48.2 Å². The number of ether oxygens (including phenoxy) is 1. The summed E-state index contributed by atoms with van der Waals surface area (Å²) in [6.07, 6.45) is 1.53. The van der Waals surface area contributed by atoms with Gasteiger partial charge in [0.15, 0.2) is 0 Å². The molecule has 3 aromatic carbocycles. The molecule has 0 aliphatic carbocycles. The van der Waals surface area contributed by atoms with Gasteiger partial charge in [0.2, 0.25) is 0 Å². The highest BCUT2D eigenvalue weighted by Gasteiger charge is 2.32. The monoisotopic (exact) mass is 508 g/mol. The lowest BCUT2D eigenvalue weighted by Crippen LogP contribution is -2.50. The second-order valence-electron chi connectivity index (χ2n) is 9.28. The van der Waals surface area contributed by atoms with Crippen LogP contribution in [0, 0.1) is 11.3 Å². The van der Waals surface area contributed by atoms with Gasteiger partial charge in [-0.15, -0.1) is 0 Å². The summed E-state index contributed by atoms with van der Waals surface area (Å²) >= 11 is 0. The van der Waals surface area contributed by atoms with Gasteiger partial charge in [-0.1, -0.05) is 36.4 Å². The van der Waals surface area contributed by atoms with Crippen LogP contribution < -0.4 is 4.90 Å². The number of rotatable bonds is 7. The third kappa shape index (κ3) is 4.89. The van der Waals surface area contributed by atoms with Gasteiger partial charge in [0.1, 0.15) is 11.6 Å². The number of carbonyl (C=O) groups excluding carboxylic acids is 3. The zero-order valence-corrected chi connectivity index (χ0v) is 21.2. The summed E-state index contributed by atoms with van der Waals surface area (Å²) in [5.74, 6) is -1.08. The van der Waals surface area contributed by atoms with Gasteiger partial charge in [-0.3, -0.25) is 19.4 Å². The molecule has 1 saturated heterocycles. The molecule has 0 saturated carbocycles. The lowest BCUT2D eigenvalue weighted by Gasteiger charge is -2.37. The smallest absolute Gasteiger partial charge is 0.348 e. The van der Waals surface area contributed by atoms with Crippen molar-refractivity contribution in [2.24, 2.45) is 0 Å². The number of piperazine rings is 1. The van der Waals surface area contributed by atoms with Crippen molar-refractivity contribution in [2.75, 3.05) is 50.8 Å². The van der Waals surface area contributed by atoms with E-state index in [1.807, 2.05) is 54.6 Å². The quantitative estimate of drug-likeness (QED) is 0.208. The maximum absolute atomic E-state index is 13.1. The second kappa shape index (κ2) is 10.9. The highest BCUT2D eigenvalue weighted by atomic mass is 16.5. The van der Waals surface area contributed by atoms with E-state index < -0.39 is 5.97 Å². The second-order valence-corrected chi connectivity index (χ2v) is 9.28. The molecule has 5 rings (SSSR count). The largest absolute Gasteiger partial charge is 0.462 e. The van der Waals surface area contributed by atoms with E-state index in [1.165, 1.54) is 11.0 Å². The van der Waals surface area contributed by atoms with Crippen LogP contribution in [-0.2, 0) is 9.53 Å². The molecule has 1 fully saturated rings. The van der Waals surface area contributed by atoms with Gasteiger partial charge in [0.05, 0.1) is 6.61 Å². The van der Waals surface area contributed by atoms with Gasteiger partial charge < -0.3 is 9.64 Å². The average Bonchev–Trinajstić information content (AvgIpc) is 2.95. The zero-order valence-electron chi connectivity index (χ0n) is 21.2. The first-order valence-electron chi connectivity index (χ1n) is 12.7. The molecule has 38 heavy (non-hydrogen) atoms. The normalized spacial score (nSPS) is 16.1. The van der Waals surface area contributed by atoms with Crippen molar-refractivity contribution in [1.29, 1.82) is 5.26 Å². The Morgan fingerprint density at radius 3 is 2.13 bits per heavy atom. The van der Waals surface area contributed by atoms with Crippen molar-refractivity contribution in [3.63, 3.8) is 0 Å². The van der Waals surface area contributed by atoms with Crippen LogP contribution in [0.2, 0.25) is 0 Å². The molecule has 0 unspecified atom stereocenters. The lowest BCUT2D eigenvalue weighted by atomic mass is 9.94. The predicted octanol–water partition coefficient (Wildman–Crippen LogP) is 3.73. The molecule has 8 nitrogen and oxygen atoms in total. The van der Waals surface area contributed by atoms with Crippen LogP contribution in [0.5, 0.6) is 0 Å². The highest BCUT2D eigenvalue weighted by molar-refractivity contribution is 6.25. The van der Waals surface area contributed by atoms with Crippen LogP contribution in [0.15, 0.2) is 66.2 Å². The number of hydrogen-bond acceptors (Lipinski definition) is 7. The number of nitrogens with zero attached hydrogens (tertiary/aromatic N) is 4. The van der Waals surface area contributed by atoms with Gasteiger partial charge >= 0.3 is 5.97 Å². The molecule has 0 spiro atoms. The molecule has 0 radical (unpaired) electrons. The van der Waals surface area contributed by atoms with Gasteiger partial charge in [-0.25, -0.2) is 4.79 Å². The number of hydrogen-bond donors (Lipinski definition) is 0. The fourth-order valence-electron chi connectivity index (χ4n) is 5.05. The van der Waals surface area contributed by atoms with Crippen LogP contribution in [0.3, 0.4) is 0 Å². The summed E-state index contributed by atoms with van der Waals surface area (Å²) < 4.78 is 4.91. The number of esters is 1. The molecule has 0 aromatic heterocycles. The van der Waals surface area contributed by atoms with E-state index in [4.69, 9.17) is 4.74 Å². The van der Waals surface area contributed by atoms with E-state index in [0.29, 0.717) is 24.2 Å². The van der Waals surface area contributed by atoms with E-state index in [1.54, 1.807) is 19.1 Å². The predicted molar refractivity (Wildman–Crippen MR) is 145 cm³/mol. The number of nitriles is 1. The first-order valence-corrected chi connectivity index (χ1v) is 12.7. The minimum Gasteiger partial charge on any atom is -0.462 e. The zero-order chi connectivity index (χ0) is 26.6. The highest BCUT2D eigenvalue weighted by Crippen LogP contribution is 2.30. The van der Waals surface area contributed by atoms with E-state index >= 15 is 0 Å². The fraction of sp³-hybridized carbons (Fsp3) is 0.267. The van der Waals surface area contributed by atoms with E-state index in [9.17, 15) is 19.6 Å². The van der Waals surface area contributed by atoms with Crippen LogP contribution in [0.25, 0.3) is 16.8 Å². The summed E-state index contributed by atoms with van der Waals surface area (Å²) in [5.41, 5.74) is 2.96. The molecule has 0 atom stereocenters. The standard InChI is InChI=1S/C30H28N4O4/c1-2-38-30(37)23(20-31)19-21-9-11-24(12-10-21)33-16-13-32(14-17-33)15-18-34-28(35)25-7-3-5-22-6-4-8-26(27(22)25)29(34)36/h3-12,19H,2,13-18H2,1H3. The Morgan fingerprint density at radius 1 is 0.921 bits per heavy atom. The molecule has 2 aliphatic heterocycles. The third-order valence-electron chi connectivity index (χ3n) is 7.05. The molecule has 0 N–H and O–H groups in total. The van der Waals surface area contributed by atoms with Crippen molar-refractivity contribution in [3.05, 3.63) is 82.9 Å². The van der Waals surface area contributed by atoms with Crippen molar-refractivity contribution in [3.8, 4) is 6.07 Å². The Labute approximate surface area is 221 Å². The first kappa shape index (κ1) is 25.2. The molecule has 0 bridgehead atoms. The number of benzene rings is 3. The third-order valence-corrected chi connectivity index (χ3v) is 7.05. The Balaban J connectivity index is 1.17. The Hall–Kier alpha value is -4.48. The van der Waals surface area contributed by atoms with Crippen molar-refractivity contribution < 1.29 is 19.1 Å². The number of anilines is 1. The molecule has 8 heteroatoms. The number of amides is 2. The van der Waals surface area contributed by atoms with Gasteiger partial charge in [0.25, 0.3) is 11.8 Å². The average molecular weight is 509 g/mol. The summed E-state index contributed by atoms with van der Waals surface area (Å²) in [4.78, 5) is 44.0. The van der Waals surface area contributed by atoms with Crippen molar-refractivity contribution in [2.45, 2.75) is 6.92 Å². The summed E-state index contributed by atoms with van der Waals surface area (Å²) in [5, 5.41) is 10.9. The molecule has 192 valence electrons. The van der Waals surface area contributed by atoms with Crippen LogP contribution in [-0.4, -0.2) is 73.5 Å². The summed E-state index contributed by atoms with van der Waals surface area (Å²) in [6.45, 7) is 6.14. The van der Waals surface area contributed by atoms with E-state index in [0.717, 1.165) is 48.2 Å². The van der Waals surface area contributed by atoms with Crippen molar-refractivity contribution in [1.82, 2.24) is 9.80 Å². The fourth-order valence-corrected chi connectivity index (χ4v) is 5.05. The molecular weight excluding hydrogens is 480 g/mol. The van der Waals surface area contributed by atoms with E-state index in [-0.39, 0.29) is 24.0 Å². The summed E-state index contributed by atoms with van der Waals surface area (Å²) in [7, 11) is 0. The maximum Gasteiger partial charge on any atom is 0.348 e. The van der Waals surface area contributed by atoms with E-state index in [2.05, 4.69) is 9.80 Å². The molecule has 3 aromatic rings. The van der Waals surface area contributed by atoms with Crippen LogP contribution in [0.4, 0.5) is 5.69 Å². The summed E-state index contributed by atoms with van der Waals surface area (Å²) in [6, 6.07) is 20.8. The Morgan fingerprint density at radius 2 is 1.55 bits per heavy atom. The maximum atomic E-state index is 13.1.